The lowest BCUT2D eigenvalue weighted by molar-refractivity contribution is -0.131. The van der Waals surface area contributed by atoms with Gasteiger partial charge in [0.05, 0.1) is 11.3 Å². The van der Waals surface area contributed by atoms with Crippen molar-refractivity contribution in [3.05, 3.63) is 35.4 Å². The molecule has 0 aromatic heterocycles. The van der Waals surface area contributed by atoms with E-state index >= 15 is 0 Å². The van der Waals surface area contributed by atoms with E-state index in [1.807, 2.05) is 0 Å². The molecule has 1 atom stereocenters. The summed E-state index contributed by atoms with van der Waals surface area (Å²) in [6.07, 6.45) is 2.14. The maximum Gasteiger partial charge on any atom is 0.229 e. The van der Waals surface area contributed by atoms with Gasteiger partial charge in [0, 0.05) is 25.1 Å². The van der Waals surface area contributed by atoms with E-state index in [0.717, 1.165) is 12.1 Å². The number of ether oxygens (including phenoxy) is 1. The molecule has 3 nitrogen and oxygen atoms in total. The predicted octanol–water partition coefficient (Wildman–Crippen LogP) is 3.21. The third-order valence-electron chi connectivity index (χ3n) is 3.54. The van der Waals surface area contributed by atoms with Crippen LogP contribution in [0.15, 0.2) is 18.2 Å². The van der Waals surface area contributed by atoms with Gasteiger partial charge in [-0.1, -0.05) is 18.9 Å². The molecule has 1 heterocycles. The molecule has 1 aliphatic rings. The summed E-state index contributed by atoms with van der Waals surface area (Å²) in [5, 5.41) is 0. The average Bonchev–Trinajstić information content (AvgIpc) is 2.47. The molecule has 1 unspecified atom stereocenters. The molecule has 1 aromatic carbocycles. The van der Waals surface area contributed by atoms with Crippen LogP contribution in [0, 0.1) is 29.4 Å². The summed E-state index contributed by atoms with van der Waals surface area (Å²) >= 11 is 0. The molecule has 1 aliphatic heterocycles. The van der Waals surface area contributed by atoms with E-state index in [-0.39, 0.29) is 35.4 Å². The highest BCUT2D eigenvalue weighted by Gasteiger charge is 2.28. The van der Waals surface area contributed by atoms with Crippen molar-refractivity contribution in [2.24, 2.45) is 5.92 Å². The minimum absolute atomic E-state index is 0.0628. The highest BCUT2D eigenvalue weighted by Crippen LogP contribution is 2.32. The number of carbonyl (C=O) groups is 1. The van der Waals surface area contributed by atoms with Crippen LogP contribution in [0.4, 0.5) is 8.78 Å². The van der Waals surface area contributed by atoms with Gasteiger partial charge in [-0.05, 0) is 13.3 Å². The molecule has 2 rings (SSSR count). The van der Waals surface area contributed by atoms with Crippen LogP contribution in [0.25, 0.3) is 5.70 Å². The smallest absolute Gasteiger partial charge is 0.229 e. The van der Waals surface area contributed by atoms with E-state index in [0.29, 0.717) is 6.42 Å². The first kappa shape index (κ1) is 16.0. The lowest BCUT2D eigenvalue weighted by Gasteiger charge is -2.29. The highest BCUT2D eigenvalue weighted by molar-refractivity contribution is 5.90. The van der Waals surface area contributed by atoms with Crippen LogP contribution in [0.2, 0.25) is 0 Å². The zero-order valence-corrected chi connectivity index (χ0v) is 12.7. The van der Waals surface area contributed by atoms with Gasteiger partial charge in [-0.25, -0.2) is 8.78 Å². The van der Waals surface area contributed by atoms with Crippen LogP contribution in [-0.2, 0) is 4.79 Å². The number of allylic oxidation sites excluding steroid dienone is 1. The standard InChI is InChI=1S/C17H17F2NO2/c1-4-5-8-22-12-9-13(18)16(14(19)10-12)15-7-6-11(2)17(21)20(15)3/h7,9-11H,6,8H2,1-3H3. The number of hydrogen-bond acceptors (Lipinski definition) is 2. The second-order valence-electron chi connectivity index (χ2n) is 5.10. The number of halogens is 2. The molecular formula is C17H17F2NO2. The van der Waals surface area contributed by atoms with Crippen molar-refractivity contribution in [2.75, 3.05) is 13.7 Å². The normalized spacial score (nSPS) is 17.7. The average molecular weight is 305 g/mol. The number of benzene rings is 1. The summed E-state index contributed by atoms with van der Waals surface area (Å²) in [6, 6.07) is 2.21. The third-order valence-corrected chi connectivity index (χ3v) is 3.54. The third kappa shape index (κ3) is 3.11. The van der Waals surface area contributed by atoms with Gasteiger partial charge in [0.1, 0.15) is 24.0 Å². The zero-order valence-electron chi connectivity index (χ0n) is 12.7. The van der Waals surface area contributed by atoms with E-state index in [4.69, 9.17) is 4.74 Å². The summed E-state index contributed by atoms with van der Waals surface area (Å²) in [5.41, 5.74) is 0.0367. The van der Waals surface area contributed by atoms with E-state index in [9.17, 15) is 13.6 Å². The lowest BCUT2D eigenvalue weighted by Crippen LogP contribution is -2.34. The van der Waals surface area contributed by atoms with E-state index in [2.05, 4.69) is 11.8 Å². The molecule has 0 radical (unpaired) electrons. The summed E-state index contributed by atoms with van der Waals surface area (Å²) in [4.78, 5) is 13.3. The number of hydrogen-bond donors (Lipinski definition) is 0. The summed E-state index contributed by atoms with van der Waals surface area (Å²) in [7, 11) is 1.52. The summed E-state index contributed by atoms with van der Waals surface area (Å²) in [6.45, 7) is 3.49. The second kappa shape index (κ2) is 6.61. The fraction of sp³-hybridized carbons (Fsp3) is 0.353. The molecule has 0 aliphatic carbocycles. The Hall–Kier alpha value is -2.35. The maximum atomic E-state index is 14.3. The molecular weight excluding hydrogens is 288 g/mol. The first-order chi connectivity index (χ1) is 10.5. The number of rotatable bonds is 3. The maximum absolute atomic E-state index is 14.3. The van der Waals surface area contributed by atoms with Crippen LogP contribution in [0.1, 0.15) is 25.8 Å². The number of carbonyl (C=O) groups excluding carboxylic acids is 1. The minimum atomic E-state index is -0.764. The first-order valence-electron chi connectivity index (χ1n) is 6.95. The molecule has 5 heteroatoms. The predicted molar refractivity (Wildman–Crippen MR) is 79.8 cm³/mol. The van der Waals surface area contributed by atoms with Crippen LogP contribution in [-0.4, -0.2) is 24.5 Å². The molecule has 1 aromatic rings. The van der Waals surface area contributed by atoms with Crippen LogP contribution in [0.3, 0.4) is 0 Å². The van der Waals surface area contributed by atoms with E-state index in [1.54, 1.807) is 19.9 Å². The van der Waals surface area contributed by atoms with Crippen molar-refractivity contribution < 1.29 is 18.3 Å². The molecule has 0 N–H and O–H groups in total. The van der Waals surface area contributed by atoms with Crippen LogP contribution in [0.5, 0.6) is 5.75 Å². The van der Waals surface area contributed by atoms with Crippen molar-refractivity contribution in [3.8, 4) is 17.6 Å². The van der Waals surface area contributed by atoms with Gasteiger partial charge < -0.3 is 9.64 Å². The Kier molecular flexibility index (Phi) is 4.81. The topological polar surface area (TPSA) is 29.5 Å². The van der Waals surface area contributed by atoms with Crippen molar-refractivity contribution in [3.63, 3.8) is 0 Å². The first-order valence-corrected chi connectivity index (χ1v) is 6.95. The molecule has 1 amide bonds. The second-order valence-corrected chi connectivity index (χ2v) is 5.10. The van der Waals surface area contributed by atoms with Gasteiger partial charge in [0.25, 0.3) is 0 Å². The van der Waals surface area contributed by atoms with Gasteiger partial charge in [0.15, 0.2) is 0 Å². The molecule has 22 heavy (non-hydrogen) atoms. The highest BCUT2D eigenvalue weighted by atomic mass is 19.1. The van der Waals surface area contributed by atoms with Crippen molar-refractivity contribution >= 4 is 11.6 Å². The fourth-order valence-electron chi connectivity index (χ4n) is 2.31. The molecule has 0 saturated heterocycles. The van der Waals surface area contributed by atoms with Gasteiger partial charge in [-0.3, -0.25) is 4.79 Å². The summed E-state index contributed by atoms with van der Waals surface area (Å²) < 4.78 is 33.7. The Balaban J connectivity index is 2.36. The Morgan fingerprint density at radius 2 is 2.00 bits per heavy atom. The number of amides is 1. The Morgan fingerprint density at radius 1 is 1.36 bits per heavy atom. The van der Waals surface area contributed by atoms with Gasteiger partial charge in [0.2, 0.25) is 5.91 Å². The SMILES string of the molecule is CC#CCOc1cc(F)c(C2=CCC(C)C(=O)N2C)c(F)c1. The molecule has 0 spiro atoms. The quantitative estimate of drug-likeness (QED) is 0.803. The van der Waals surface area contributed by atoms with E-state index in [1.165, 1.54) is 11.9 Å². The van der Waals surface area contributed by atoms with Gasteiger partial charge >= 0.3 is 0 Å². The zero-order chi connectivity index (χ0) is 16.3. The molecule has 0 saturated carbocycles. The Bertz CT molecular complexity index is 663. The Morgan fingerprint density at radius 3 is 2.59 bits per heavy atom. The Labute approximate surface area is 128 Å². The van der Waals surface area contributed by atoms with Crippen LogP contribution >= 0.6 is 0 Å². The van der Waals surface area contributed by atoms with Crippen LogP contribution < -0.4 is 4.74 Å². The fourth-order valence-corrected chi connectivity index (χ4v) is 2.31. The molecule has 0 bridgehead atoms. The lowest BCUT2D eigenvalue weighted by atomic mass is 9.97. The molecule has 116 valence electrons. The van der Waals surface area contributed by atoms with Crippen molar-refractivity contribution in [1.82, 2.24) is 4.90 Å². The van der Waals surface area contributed by atoms with Gasteiger partial charge in [-0.15, -0.1) is 5.92 Å². The molecule has 0 fully saturated rings. The van der Waals surface area contributed by atoms with Crippen molar-refractivity contribution in [2.45, 2.75) is 20.3 Å². The minimum Gasteiger partial charge on any atom is -0.481 e. The monoisotopic (exact) mass is 305 g/mol. The van der Waals surface area contributed by atoms with E-state index < -0.39 is 11.6 Å². The largest absolute Gasteiger partial charge is 0.481 e. The summed E-state index contributed by atoms with van der Waals surface area (Å²) in [5.74, 6) is 3.48. The van der Waals surface area contributed by atoms with Gasteiger partial charge in [-0.2, -0.15) is 0 Å². The number of nitrogens with zero attached hydrogens (tertiary/aromatic N) is 1. The van der Waals surface area contributed by atoms with Crippen molar-refractivity contribution in [1.29, 1.82) is 0 Å².